The van der Waals surface area contributed by atoms with Gasteiger partial charge in [0.25, 0.3) is 0 Å². The topological polar surface area (TPSA) is 93.3 Å². The number of nitrogens with zero attached hydrogens (tertiary/aromatic N) is 2. The first-order chi connectivity index (χ1) is 17.9. The molecule has 6 heteroatoms. The van der Waals surface area contributed by atoms with E-state index in [1.807, 2.05) is 50.2 Å². The van der Waals surface area contributed by atoms with Gasteiger partial charge in [0, 0.05) is 36.6 Å². The predicted molar refractivity (Wildman–Crippen MR) is 150 cm³/mol. The zero-order valence-electron chi connectivity index (χ0n) is 22.0. The summed E-state index contributed by atoms with van der Waals surface area (Å²) in [6.45, 7) is 6.22. The van der Waals surface area contributed by atoms with E-state index in [1.54, 1.807) is 31.6 Å². The average Bonchev–Trinajstić information content (AvgIpc) is 2.92. The molecule has 0 aliphatic rings. The van der Waals surface area contributed by atoms with Gasteiger partial charge in [-0.05, 0) is 73.2 Å². The first kappa shape index (κ1) is 26.2. The highest BCUT2D eigenvalue weighted by molar-refractivity contribution is 5.92. The number of benzene rings is 2. The second-order valence-electron chi connectivity index (χ2n) is 9.42. The van der Waals surface area contributed by atoms with Crippen LogP contribution in [0.4, 0.5) is 0 Å². The van der Waals surface area contributed by atoms with Crippen molar-refractivity contribution in [3.8, 4) is 17.0 Å². The van der Waals surface area contributed by atoms with Crippen LogP contribution in [0.5, 0.6) is 5.88 Å². The SMILES string of the molecule is CCCCc1c(-c2ccccc2)c(OC(C)C)nc2ccc(C(O)(/C(=C/N)NC)c3ccncc3)cc12. The number of rotatable bonds is 10. The van der Waals surface area contributed by atoms with Crippen molar-refractivity contribution < 1.29 is 9.84 Å². The standard InChI is InChI=1S/C31H36N4O2/c1-5-6-12-25-26-19-24(31(36,28(20-32)33-4)23-15-17-34-18-16-23)13-14-27(26)35-30(37-21(2)3)29(25)22-10-8-7-9-11-22/h7-11,13-21,33,36H,5-6,12,32H2,1-4H3/b28-20-. The molecular weight excluding hydrogens is 460 g/mol. The van der Waals surface area contributed by atoms with E-state index >= 15 is 0 Å². The number of pyridine rings is 2. The van der Waals surface area contributed by atoms with Crippen molar-refractivity contribution in [3.63, 3.8) is 0 Å². The zero-order chi connectivity index (χ0) is 26.4. The fourth-order valence-corrected chi connectivity index (χ4v) is 4.81. The summed E-state index contributed by atoms with van der Waals surface area (Å²) < 4.78 is 6.27. The lowest BCUT2D eigenvalue weighted by atomic mass is 9.82. The van der Waals surface area contributed by atoms with Crippen molar-refractivity contribution in [1.82, 2.24) is 15.3 Å². The van der Waals surface area contributed by atoms with Crippen LogP contribution >= 0.6 is 0 Å². The van der Waals surface area contributed by atoms with Gasteiger partial charge in [-0.2, -0.15) is 0 Å². The first-order valence-electron chi connectivity index (χ1n) is 12.9. The van der Waals surface area contributed by atoms with Gasteiger partial charge in [0.15, 0.2) is 5.60 Å². The van der Waals surface area contributed by atoms with E-state index in [0.29, 0.717) is 22.7 Å². The molecule has 4 rings (SSSR count). The third-order valence-corrected chi connectivity index (χ3v) is 6.59. The van der Waals surface area contributed by atoms with Crippen molar-refractivity contribution in [3.05, 3.63) is 102 Å². The summed E-state index contributed by atoms with van der Waals surface area (Å²) in [6, 6.07) is 19.8. The molecule has 0 bridgehead atoms. The van der Waals surface area contributed by atoms with Gasteiger partial charge in [0.1, 0.15) is 0 Å². The van der Waals surface area contributed by atoms with Gasteiger partial charge >= 0.3 is 0 Å². The highest BCUT2D eigenvalue weighted by atomic mass is 16.5. The molecule has 4 N–H and O–H groups in total. The molecule has 0 aliphatic heterocycles. The summed E-state index contributed by atoms with van der Waals surface area (Å²) in [4.78, 5) is 9.11. The number of hydrogen-bond acceptors (Lipinski definition) is 6. The molecule has 6 nitrogen and oxygen atoms in total. The quantitative estimate of drug-likeness (QED) is 0.261. The summed E-state index contributed by atoms with van der Waals surface area (Å²) >= 11 is 0. The van der Waals surface area contributed by atoms with Crippen molar-refractivity contribution in [2.24, 2.45) is 5.73 Å². The molecule has 2 aromatic carbocycles. The number of hydrogen-bond donors (Lipinski definition) is 3. The van der Waals surface area contributed by atoms with E-state index in [1.165, 1.54) is 6.20 Å². The third-order valence-electron chi connectivity index (χ3n) is 6.59. The molecule has 192 valence electrons. The van der Waals surface area contributed by atoms with E-state index in [4.69, 9.17) is 15.5 Å². The van der Waals surface area contributed by atoms with E-state index in [0.717, 1.165) is 46.9 Å². The van der Waals surface area contributed by atoms with E-state index in [-0.39, 0.29) is 6.10 Å². The Kier molecular flexibility index (Phi) is 8.09. The van der Waals surface area contributed by atoms with Crippen molar-refractivity contribution >= 4 is 10.9 Å². The van der Waals surface area contributed by atoms with Gasteiger partial charge in [0.05, 0.1) is 17.3 Å². The van der Waals surface area contributed by atoms with Gasteiger partial charge in [-0.25, -0.2) is 4.98 Å². The van der Waals surface area contributed by atoms with Crippen molar-refractivity contribution in [2.45, 2.75) is 51.7 Å². The number of aliphatic hydroxyl groups is 1. The van der Waals surface area contributed by atoms with Gasteiger partial charge in [-0.1, -0.05) is 49.7 Å². The maximum atomic E-state index is 12.2. The molecule has 2 aromatic heterocycles. The molecule has 0 fully saturated rings. The summed E-state index contributed by atoms with van der Waals surface area (Å²) in [5, 5.41) is 16.3. The molecule has 0 saturated heterocycles. The molecule has 1 atom stereocenters. The van der Waals surface area contributed by atoms with Gasteiger partial charge in [0.2, 0.25) is 5.88 Å². The lowest BCUT2D eigenvalue weighted by Crippen LogP contribution is -2.36. The smallest absolute Gasteiger partial charge is 0.222 e. The van der Waals surface area contributed by atoms with Crippen molar-refractivity contribution in [2.75, 3.05) is 7.05 Å². The van der Waals surface area contributed by atoms with Gasteiger partial charge in [-0.3, -0.25) is 4.98 Å². The molecule has 2 heterocycles. The van der Waals surface area contributed by atoms with Crippen LogP contribution in [-0.4, -0.2) is 28.2 Å². The minimum atomic E-state index is -1.50. The van der Waals surface area contributed by atoms with Gasteiger partial charge < -0.3 is 20.9 Å². The summed E-state index contributed by atoms with van der Waals surface area (Å²) in [5.74, 6) is 0.634. The maximum Gasteiger partial charge on any atom is 0.222 e. The summed E-state index contributed by atoms with van der Waals surface area (Å²) in [7, 11) is 1.75. The number of unbranched alkanes of at least 4 members (excludes halogenated alkanes) is 1. The Hall–Kier alpha value is -3.90. The molecular formula is C31H36N4O2. The number of ether oxygens (including phenoxy) is 1. The molecule has 4 aromatic rings. The molecule has 0 amide bonds. The molecule has 0 spiro atoms. The minimum Gasteiger partial charge on any atom is -0.474 e. The van der Waals surface area contributed by atoms with Crippen LogP contribution in [0, 0.1) is 0 Å². The Labute approximate surface area is 219 Å². The second kappa shape index (κ2) is 11.4. The fraction of sp³-hybridized carbons (Fsp3) is 0.290. The second-order valence-corrected chi connectivity index (χ2v) is 9.42. The van der Waals surface area contributed by atoms with E-state index in [2.05, 4.69) is 29.4 Å². The summed E-state index contributed by atoms with van der Waals surface area (Å²) in [6.07, 6.45) is 7.66. The van der Waals surface area contributed by atoms with Crippen LogP contribution in [0.3, 0.4) is 0 Å². The normalized spacial score (nSPS) is 13.5. The van der Waals surface area contributed by atoms with Crippen LogP contribution in [0.25, 0.3) is 22.0 Å². The highest BCUT2D eigenvalue weighted by Gasteiger charge is 2.36. The largest absolute Gasteiger partial charge is 0.474 e. The number of nitrogens with two attached hydrogens (primary N) is 1. The van der Waals surface area contributed by atoms with Crippen LogP contribution < -0.4 is 15.8 Å². The summed E-state index contributed by atoms with van der Waals surface area (Å²) in [5.41, 5.74) is 10.4. The zero-order valence-corrected chi connectivity index (χ0v) is 22.0. The lowest BCUT2D eigenvalue weighted by molar-refractivity contribution is 0.114. The fourth-order valence-electron chi connectivity index (χ4n) is 4.81. The number of fused-ring (bicyclic) bond motifs is 1. The monoisotopic (exact) mass is 496 g/mol. The van der Waals surface area contributed by atoms with Gasteiger partial charge in [-0.15, -0.1) is 0 Å². The Bertz CT molecular complexity index is 1370. The highest BCUT2D eigenvalue weighted by Crippen LogP contribution is 2.41. The lowest BCUT2D eigenvalue weighted by Gasteiger charge is -2.32. The number of likely N-dealkylation sites (N-methyl/N-ethyl adjacent to an activating group) is 1. The average molecular weight is 497 g/mol. The molecule has 37 heavy (non-hydrogen) atoms. The Morgan fingerprint density at radius 2 is 1.81 bits per heavy atom. The van der Waals surface area contributed by atoms with Crippen LogP contribution in [0.2, 0.25) is 0 Å². The molecule has 0 aliphatic carbocycles. The van der Waals surface area contributed by atoms with Crippen LogP contribution in [-0.2, 0) is 12.0 Å². The first-order valence-corrected chi connectivity index (χ1v) is 12.9. The molecule has 0 radical (unpaired) electrons. The van der Waals surface area contributed by atoms with Crippen LogP contribution in [0.15, 0.2) is 85.0 Å². The Morgan fingerprint density at radius 1 is 1.08 bits per heavy atom. The molecule has 1 unspecified atom stereocenters. The minimum absolute atomic E-state index is 0.0182. The number of nitrogens with one attached hydrogen (secondary N) is 1. The molecule has 0 saturated carbocycles. The van der Waals surface area contributed by atoms with Crippen molar-refractivity contribution in [1.29, 1.82) is 0 Å². The number of aryl methyl sites for hydroxylation is 1. The Balaban J connectivity index is 2.06. The third kappa shape index (κ3) is 5.16. The number of aromatic nitrogens is 2. The van der Waals surface area contributed by atoms with Crippen LogP contribution in [0.1, 0.15) is 50.3 Å². The Morgan fingerprint density at radius 3 is 2.43 bits per heavy atom. The predicted octanol–water partition coefficient (Wildman–Crippen LogP) is 5.68. The maximum absolute atomic E-state index is 12.2. The van der Waals surface area contributed by atoms with E-state index < -0.39 is 5.60 Å². The van der Waals surface area contributed by atoms with E-state index in [9.17, 15) is 5.11 Å².